The molecule has 7 nitrogen and oxygen atoms in total. The lowest BCUT2D eigenvalue weighted by molar-refractivity contribution is 0.102. The zero-order valence-electron chi connectivity index (χ0n) is 13.8. The summed E-state index contributed by atoms with van der Waals surface area (Å²) in [5, 5.41) is 18.1. The highest BCUT2D eigenvalue weighted by molar-refractivity contribution is 6.04. The topological polar surface area (TPSA) is 89.7 Å². The number of nitrogens with zero attached hydrogens (tertiary/aromatic N) is 3. The number of aryl methyl sites for hydroxylation is 1. The molecule has 0 bridgehead atoms. The van der Waals surface area contributed by atoms with Crippen LogP contribution in [-0.2, 0) is 0 Å². The van der Waals surface area contributed by atoms with Gasteiger partial charge in [0.25, 0.3) is 5.91 Å². The van der Waals surface area contributed by atoms with Crippen molar-refractivity contribution in [3.05, 3.63) is 41.3 Å². The first-order valence-electron chi connectivity index (χ1n) is 8.12. The summed E-state index contributed by atoms with van der Waals surface area (Å²) in [5.41, 5.74) is 4.11. The lowest BCUT2D eigenvalue weighted by Crippen LogP contribution is -2.17. The third-order valence-electron chi connectivity index (χ3n) is 4.73. The van der Waals surface area contributed by atoms with Gasteiger partial charge in [0.2, 0.25) is 0 Å². The van der Waals surface area contributed by atoms with Crippen molar-refractivity contribution in [2.24, 2.45) is 0 Å². The molecule has 1 saturated heterocycles. The zero-order valence-corrected chi connectivity index (χ0v) is 13.8. The molecule has 3 aromatic rings. The van der Waals surface area contributed by atoms with Crippen molar-refractivity contribution in [2.75, 3.05) is 18.9 Å². The Bertz CT molecular complexity index is 896. The van der Waals surface area contributed by atoms with E-state index in [4.69, 9.17) is 0 Å². The number of hydrogen-bond acceptors (Lipinski definition) is 4. The Morgan fingerprint density at radius 1 is 1.33 bits per heavy atom. The van der Waals surface area contributed by atoms with Gasteiger partial charge in [-0.05, 0) is 57.1 Å². The van der Waals surface area contributed by atoms with Crippen molar-refractivity contribution in [3.63, 3.8) is 0 Å². The van der Waals surface area contributed by atoms with Gasteiger partial charge in [-0.25, -0.2) is 0 Å². The van der Waals surface area contributed by atoms with Crippen LogP contribution in [0.15, 0.2) is 24.4 Å². The van der Waals surface area contributed by atoms with Crippen LogP contribution in [0.1, 0.15) is 40.6 Å². The molecule has 2 aromatic heterocycles. The molecule has 3 heterocycles. The van der Waals surface area contributed by atoms with Gasteiger partial charge in [-0.1, -0.05) is 0 Å². The summed E-state index contributed by atoms with van der Waals surface area (Å²) in [6.45, 7) is 3.07. The van der Waals surface area contributed by atoms with Crippen LogP contribution in [0.2, 0.25) is 0 Å². The van der Waals surface area contributed by atoms with E-state index in [1.54, 1.807) is 6.20 Å². The van der Waals surface area contributed by atoms with Crippen LogP contribution in [0, 0.1) is 6.92 Å². The van der Waals surface area contributed by atoms with E-state index < -0.39 is 0 Å². The first kappa shape index (κ1) is 14.9. The highest BCUT2D eigenvalue weighted by Crippen LogP contribution is 2.29. The number of carbonyl (C=O) groups excluding carboxylic acids is 1. The molecule has 0 radical (unpaired) electrons. The molecule has 1 aliphatic rings. The maximum absolute atomic E-state index is 12.5. The minimum atomic E-state index is -0.212. The fraction of sp³-hybridized carbons (Fsp3) is 0.353. The molecule has 1 atom stereocenters. The Labute approximate surface area is 139 Å². The van der Waals surface area contributed by atoms with Crippen molar-refractivity contribution >= 4 is 22.5 Å². The van der Waals surface area contributed by atoms with E-state index in [1.165, 1.54) is 6.42 Å². The largest absolute Gasteiger partial charge is 0.321 e. The monoisotopic (exact) mass is 324 g/mol. The highest BCUT2D eigenvalue weighted by atomic mass is 16.1. The Morgan fingerprint density at radius 3 is 3.00 bits per heavy atom. The molecule has 7 heteroatoms. The van der Waals surface area contributed by atoms with Crippen LogP contribution in [0.5, 0.6) is 0 Å². The number of carbonyl (C=O) groups is 1. The molecule has 0 aliphatic carbocycles. The first-order valence-corrected chi connectivity index (χ1v) is 8.12. The molecular weight excluding hydrogens is 304 g/mol. The van der Waals surface area contributed by atoms with Crippen LogP contribution < -0.4 is 5.32 Å². The number of anilines is 1. The number of aromatic nitrogens is 4. The molecule has 1 aliphatic heterocycles. The Balaban J connectivity index is 1.54. The maximum Gasteiger partial charge on any atom is 0.276 e. The third kappa shape index (κ3) is 2.56. The van der Waals surface area contributed by atoms with E-state index in [0.717, 1.165) is 40.8 Å². The summed E-state index contributed by atoms with van der Waals surface area (Å²) in [4.78, 5) is 14.8. The van der Waals surface area contributed by atoms with Crippen LogP contribution in [0.3, 0.4) is 0 Å². The Hall–Kier alpha value is -2.67. The van der Waals surface area contributed by atoms with Gasteiger partial charge < -0.3 is 5.32 Å². The number of fused-ring (bicyclic) bond motifs is 1. The van der Waals surface area contributed by atoms with Crippen LogP contribution in [0.25, 0.3) is 10.9 Å². The second-order valence-corrected chi connectivity index (χ2v) is 6.43. The summed E-state index contributed by atoms with van der Waals surface area (Å²) < 4.78 is 0. The van der Waals surface area contributed by atoms with Gasteiger partial charge in [0.05, 0.1) is 23.4 Å². The van der Waals surface area contributed by atoms with E-state index in [0.29, 0.717) is 11.7 Å². The number of amides is 1. The predicted octanol–water partition coefficient (Wildman–Crippen LogP) is 2.61. The summed E-state index contributed by atoms with van der Waals surface area (Å²) in [6, 6.07) is 5.99. The number of rotatable bonds is 3. The smallest absolute Gasteiger partial charge is 0.276 e. The molecular formula is C17H20N6O. The van der Waals surface area contributed by atoms with Crippen molar-refractivity contribution in [3.8, 4) is 0 Å². The number of nitrogens with one attached hydrogen (secondary N) is 3. The van der Waals surface area contributed by atoms with Crippen molar-refractivity contribution in [1.82, 2.24) is 25.3 Å². The van der Waals surface area contributed by atoms with E-state index in [1.807, 2.05) is 25.1 Å². The third-order valence-corrected chi connectivity index (χ3v) is 4.73. The summed E-state index contributed by atoms with van der Waals surface area (Å²) in [7, 11) is 2.10. The van der Waals surface area contributed by atoms with Crippen LogP contribution in [-0.4, -0.2) is 44.8 Å². The first-order chi connectivity index (χ1) is 11.6. The number of H-pyrrole nitrogens is 2. The van der Waals surface area contributed by atoms with Gasteiger partial charge in [0.1, 0.15) is 0 Å². The average Bonchev–Trinajstić information content (AvgIpc) is 3.25. The standard InChI is InChI=1S/C17H20N6O/c1-10-6-11(7-13-12(10)9-18-20-13)19-17(24)15-8-14(21-22-15)16-4-3-5-23(16)2/h6-9,16H,3-5H2,1-2H3,(H,18,20)(H,19,24)(H,21,22). The molecule has 1 fully saturated rings. The minimum Gasteiger partial charge on any atom is -0.321 e. The van der Waals surface area contributed by atoms with Crippen molar-refractivity contribution in [1.29, 1.82) is 0 Å². The van der Waals surface area contributed by atoms with Crippen molar-refractivity contribution < 1.29 is 4.79 Å². The average molecular weight is 324 g/mol. The molecule has 1 aromatic carbocycles. The second-order valence-electron chi connectivity index (χ2n) is 6.43. The minimum absolute atomic E-state index is 0.212. The van der Waals surface area contributed by atoms with Gasteiger partial charge in [0.15, 0.2) is 5.69 Å². The van der Waals surface area contributed by atoms with Crippen LogP contribution in [0.4, 0.5) is 5.69 Å². The number of hydrogen-bond donors (Lipinski definition) is 3. The van der Waals surface area contributed by atoms with E-state index >= 15 is 0 Å². The molecule has 3 N–H and O–H groups in total. The van der Waals surface area contributed by atoms with Gasteiger partial charge >= 0.3 is 0 Å². The van der Waals surface area contributed by atoms with E-state index in [2.05, 4.69) is 37.7 Å². The van der Waals surface area contributed by atoms with Gasteiger partial charge in [0, 0.05) is 11.1 Å². The molecule has 4 rings (SSSR count). The molecule has 0 saturated carbocycles. The molecule has 1 amide bonds. The fourth-order valence-electron chi connectivity index (χ4n) is 3.42. The molecule has 0 spiro atoms. The highest BCUT2D eigenvalue weighted by Gasteiger charge is 2.25. The molecule has 124 valence electrons. The maximum atomic E-state index is 12.5. The Kier molecular flexibility index (Phi) is 3.57. The second kappa shape index (κ2) is 5.76. The fourth-order valence-corrected chi connectivity index (χ4v) is 3.42. The van der Waals surface area contributed by atoms with Gasteiger partial charge in [-0.2, -0.15) is 10.2 Å². The lowest BCUT2D eigenvalue weighted by Gasteiger charge is -2.16. The Morgan fingerprint density at radius 2 is 2.21 bits per heavy atom. The predicted molar refractivity (Wildman–Crippen MR) is 92.0 cm³/mol. The summed E-state index contributed by atoms with van der Waals surface area (Å²) in [5.74, 6) is -0.212. The summed E-state index contributed by atoms with van der Waals surface area (Å²) in [6.07, 6.45) is 4.05. The number of benzene rings is 1. The van der Waals surface area contributed by atoms with Gasteiger partial charge in [-0.3, -0.25) is 19.9 Å². The normalized spacial score (nSPS) is 18.3. The lowest BCUT2D eigenvalue weighted by atomic mass is 10.1. The van der Waals surface area contributed by atoms with E-state index in [9.17, 15) is 4.79 Å². The SMILES string of the molecule is Cc1cc(NC(=O)c2cc(C3CCCN3C)[nH]n2)cc2[nH]ncc12. The van der Waals surface area contributed by atoms with Gasteiger partial charge in [-0.15, -0.1) is 0 Å². The van der Waals surface area contributed by atoms with Crippen molar-refractivity contribution in [2.45, 2.75) is 25.8 Å². The number of likely N-dealkylation sites (tertiary alicyclic amines) is 1. The van der Waals surface area contributed by atoms with E-state index in [-0.39, 0.29) is 5.91 Å². The number of aromatic amines is 2. The molecule has 1 unspecified atom stereocenters. The molecule has 24 heavy (non-hydrogen) atoms. The zero-order chi connectivity index (χ0) is 16.7. The quantitative estimate of drug-likeness (QED) is 0.691. The summed E-state index contributed by atoms with van der Waals surface area (Å²) >= 11 is 0. The van der Waals surface area contributed by atoms with Crippen LogP contribution >= 0.6 is 0 Å².